The van der Waals surface area contributed by atoms with Gasteiger partial charge in [-0.15, -0.1) is 11.3 Å². The van der Waals surface area contributed by atoms with Crippen molar-refractivity contribution in [2.24, 2.45) is 5.92 Å². The molecule has 2 rings (SSSR count). The van der Waals surface area contributed by atoms with Gasteiger partial charge in [0.05, 0.1) is 21.4 Å². The maximum atomic E-state index is 11.3. The van der Waals surface area contributed by atoms with E-state index in [1.165, 1.54) is 0 Å². The van der Waals surface area contributed by atoms with Crippen molar-refractivity contribution in [3.63, 3.8) is 0 Å². The normalized spacial score (nSPS) is 24.9. The van der Waals surface area contributed by atoms with Crippen molar-refractivity contribution in [2.75, 3.05) is 11.5 Å². The first-order valence-corrected chi connectivity index (χ1v) is 9.00. The van der Waals surface area contributed by atoms with Crippen molar-refractivity contribution in [1.29, 1.82) is 0 Å². The Bertz CT molecular complexity index is 481. The molecule has 1 saturated heterocycles. The van der Waals surface area contributed by atoms with E-state index in [4.69, 9.17) is 0 Å². The van der Waals surface area contributed by atoms with E-state index in [2.05, 4.69) is 15.9 Å². The lowest BCUT2D eigenvalue weighted by molar-refractivity contribution is 0.147. The zero-order chi connectivity index (χ0) is 12.5. The van der Waals surface area contributed by atoms with E-state index in [-0.39, 0.29) is 17.4 Å². The van der Waals surface area contributed by atoms with Gasteiger partial charge in [0.15, 0.2) is 9.84 Å². The highest BCUT2D eigenvalue weighted by Crippen LogP contribution is 2.27. The zero-order valence-corrected chi connectivity index (χ0v) is 12.5. The van der Waals surface area contributed by atoms with Gasteiger partial charge in [-0.2, -0.15) is 0 Å². The minimum absolute atomic E-state index is 0.137. The molecule has 1 aromatic rings. The van der Waals surface area contributed by atoms with E-state index in [9.17, 15) is 13.5 Å². The molecule has 2 heterocycles. The maximum Gasteiger partial charge on any atom is 0.150 e. The summed E-state index contributed by atoms with van der Waals surface area (Å²) in [4.78, 5) is 1.13. The average Bonchev–Trinajstić information content (AvgIpc) is 2.73. The Hall–Kier alpha value is 0.0900. The van der Waals surface area contributed by atoms with Crippen LogP contribution < -0.4 is 0 Å². The lowest BCUT2D eigenvalue weighted by atomic mass is 9.99. The highest BCUT2D eigenvalue weighted by molar-refractivity contribution is 9.11. The van der Waals surface area contributed by atoms with Crippen LogP contribution in [0.1, 0.15) is 17.7 Å². The molecular weight excluding hydrogens is 324 g/mol. The molecule has 0 saturated carbocycles. The third-order valence-electron chi connectivity index (χ3n) is 3.00. The average molecular weight is 339 g/mol. The van der Waals surface area contributed by atoms with E-state index in [1.54, 1.807) is 11.3 Å². The summed E-state index contributed by atoms with van der Waals surface area (Å²) in [5.41, 5.74) is 0. The van der Waals surface area contributed by atoms with Crippen molar-refractivity contribution in [2.45, 2.75) is 25.4 Å². The fraction of sp³-hybridized carbons (Fsp3) is 0.636. The first-order valence-electron chi connectivity index (χ1n) is 5.57. The van der Waals surface area contributed by atoms with E-state index in [1.807, 2.05) is 12.1 Å². The van der Waals surface area contributed by atoms with Gasteiger partial charge in [-0.25, -0.2) is 8.42 Å². The molecular formula is C11H15BrO3S2. The summed E-state index contributed by atoms with van der Waals surface area (Å²) < 4.78 is 23.7. The maximum absolute atomic E-state index is 11.3. The van der Waals surface area contributed by atoms with Crippen molar-refractivity contribution in [3.8, 4) is 0 Å². The molecule has 1 aromatic heterocycles. The van der Waals surface area contributed by atoms with Crippen LogP contribution in [0.25, 0.3) is 0 Å². The smallest absolute Gasteiger partial charge is 0.150 e. The fourth-order valence-corrected chi connectivity index (χ4v) is 5.65. The van der Waals surface area contributed by atoms with Crippen molar-refractivity contribution >= 4 is 37.1 Å². The SMILES string of the molecule is O=S1(=O)CCC(CC(O)Cc2ccc(Br)s2)C1. The Balaban J connectivity index is 1.84. The molecule has 0 amide bonds. The molecule has 0 aromatic carbocycles. The van der Waals surface area contributed by atoms with Crippen LogP contribution in [0.15, 0.2) is 15.9 Å². The molecule has 0 bridgehead atoms. The molecule has 0 radical (unpaired) electrons. The second-order valence-corrected chi connectivity index (χ2v) is 9.34. The highest BCUT2D eigenvalue weighted by Gasteiger charge is 2.29. The Morgan fingerprint density at radius 1 is 1.53 bits per heavy atom. The Labute approximate surface area is 114 Å². The molecule has 6 heteroatoms. The van der Waals surface area contributed by atoms with Crippen molar-refractivity contribution < 1.29 is 13.5 Å². The van der Waals surface area contributed by atoms with Crippen molar-refractivity contribution in [1.82, 2.24) is 0 Å². The minimum Gasteiger partial charge on any atom is -0.393 e. The summed E-state index contributed by atoms with van der Waals surface area (Å²) in [7, 11) is -2.83. The van der Waals surface area contributed by atoms with Crippen LogP contribution in [-0.2, 0) is 16.3 Å². The molecule has 1 N–H and O–H groups in total. The first kappa shape index (κ1) is 13.5. The Kier molecular flexibility index (Phi) is 4.28. The second kappa shape index (κ2) is 5.38. The predicted molar refractivity (Wildman–Crippen MR) is 73.1 cm³/mol. The van der Waals surface area contributed by atoms with Gasteiger partial charge in [-0.3, -0.25) is 0 Å². The number of hydrogen-bond acceptors (Lipinski definition) is 4. The number of aliphatic hydroxyl groups is 1. The number of rotatable bonds is 4. The van der Waals surface area contributed by atoms with E-state index >= 15 is 0 Å². The first-order chi connectivity index (χ1) is 7.94. The standard InChI is InChI=1S/C11H15BrO3S2/c12-11-2-1-10(16-11)6-9(13)5-8-3-4-17(14,15)7-8/h1-2,8-9,13H,3-7H2. The van der Waals surface area contributed by atoms with Gasteiger partial charge in [-0.1, -0.05) is 0 Å². The summed E-state index contributed by atoms with van der Waals surface area (Å²) in [6.45, 7) is 0. The van der Waals surface area contributed by atoms with Gasteiger partial charge in [-0.05, 0) is 46.8 Å². The molecule has 3 nitrogen and oxygen atoms in total. The van der Waals surface area contributed by atoms with Gasteiger partial charge in [0, 0.05) is 11.3 Å². The lowest BCUT2D eigenvalue weighted by Crippen LogP contribution is -2.16. The van der Waals surface area contributed by atoms with Gasteiger partial charge in [0.25, 0.3) is 0 Å². The largest absolute Gasteiger partial charge is 0.393 e. The third-order valence-corrected chi connectivity index (χ3v) is 6.48. The molecule has 17 heavy (non-hydrogen) atoms. The number of sulfone groups is 1. The monoisotopic (exact) mass is 338 g/mol. The van der Waals surface area contributed by atoms with Crippen LogP contribution in [0, 0.1) is 5.92 Å². The third kappa shape index (κ3) is 4.05. The van der Waals surface area contributed by atoms with Gasteiger partial charge in [0.1, 0.15) is 0 Å². The molecule has 96 valence electrons. The zero-order valence-electron chi connectivity index (χ0n) is 9.30. The number of aliphatic hydroxyl groups excluding tert-OH is 1. The number of thiophene rings is 1. The summed E-state index contributed by atoms with van der Waals surface area (Å²) in [5.74, 6) is 0.672. The number of halogens is 1. The quantitative estimate of drug-likeness (QED) is 0.915. The van der Waals surface area contributed by atoms with Crippen LogP contribution in [0.3, 0.4) is 0 Å². The topological polar surface area (TPSA) is 54.4 Å². The lowest BCUT2D eigenvalue weighted by Gasteiger charge is -2.13. The van der Waals surface area contributed by atoms with E-state index in [0.29, 0.717) is 19.3 Å². The van der Waals surface area contributed by atoms with Crippen LogP contribution in [-0.4, -0.2) is 31.1 Å². The Morgan fingerprint density at radius 3 is 2.82 bits per heavy atom. The predicted octanol–water partition coefficient (Wildman–Crippen LogP) is 2.24. The summed E-state index contributed by atoms with van der Waals surface area (Å²) in [5, 5.41) is 9.94. The van der Waals surface area contributed by atoms with Gasteiger partial charge < -0.3 is 5.11 Å². The molecule has 2 atom stereocenters. The molecule has 1 aliphatic heterocycles. The molecule has 0 spiro atoms. The molecule has 2 unspecified atom stereocenters. The van der Waals surface area contributed by atoms with Gasteiger partial charge >= 0.3 is 0 Å². The van der Waals surface area contributed by atoms with Gasteiger partial charge in [0.2, 0.25) is 0 Å². The Morgan fingerprint density at radius 2 is 2.29 bits per heavy atom. The van der Waals surface area contributed by atoms with Crippen molar-refractivity contribution in [3.05, 3.63) is 20.8 Å². The molecule has 0 aliphatic carbocycles. The summed E-state index contributed by atoms with van der Waals surface area (Å²) in [6.07, 6.45) is 1.48. The minimum atomic E-state index is -2.83. The highest BCUT2D eigenvalue weighted by atomic mass is 79.9. The van der Waals surface area contributed by atoms with E-state index in [0.717, 1.165) is 8.66 Å². The summed E-state index contributed by atoms with van der Waals surface area (Å²) >= 11 is 4.99. The molecule has 1 aliphatic rings. The van der Waals surface area contributed by atoms with Crippen LogP contribution in [0.5, 0.6) is 0 Å². The van der Waals surface area contributed by atoms with Crippen LogP contribution in [0.2, 0.25) is 0 Å². The van der Waals surface area contributed by atoms with Crippen LogP contribution in [0.4, 0.5) is 0 Å². The fourth-order valence-electron chi connectivity index (χ4n) is 2.22. The summed E-state index contributed by atoms with van der Waals surface area (Å²) in [6, 6.07) is 3.95. The van der Waals surface area contributed by atoms with Crippen LogP contribution >= 0.6 is 27.3 Å². The molecule has 1 fully saturated rings. The van der Waals surface area contributed by atoms with E-state index < -0.39 is 15.9 Å². The second-order valence-electron chi connectivity index (χ2n) is 4.57. The number of hydrogen-bond donors (Lipinski definition) is 1.